The van der Waals surface area contributed by atoms with Crippen molar-refractivity contribution in [2.75, 3.05) is 6.54 Å². The van der Waals surface area contributed by atoms with E-state index in [0.717, 1.165) is 4.68 Å². The fraction of sp³-hybridized carbons (Fsp3) is 0.300. The number of nitrogens with zero attached hydrogens (tertiary/aromatic N) is 2. The average molecular weight is 514 g/mol. The van der Waals surface area contributed by atoms with Gasteiger partial charge in [0.2, 0.25) is 11.6 Å². The lowest BCUT2D eigenvalue weighted by Gasteiger charge is -2.08. The molecule has 1 N–H and O–H groups in total. The molecule has 0 aliphatic rings. The van der Waals surface area contributed by atoms with Gasteiger partial charge in [-0.05, 0) is 25.5 Å². The maximum absolute atomic E-state index is 13.6. The summed E-state index contributed by atoms with van der Waals surface area (Å²) in [6.45, 7) is 0.833. The van der Waals surface area contributed by atoms with Gasteiger partial charge in [-0.15, -0.1) is 0 Å². The highest BCUT2D eigenvalue weighted by molar-refractivity contribution is 6.31. The minimum absolute atomic E-state index is 0.0321. The quantitative estimate of drug-likeness (QED) is 0.248. The van der Waals surface area contributed by atoms with Crippen LogP contribution in [0.3, 0.4) is 0 Å². The Morgan fingerprint density at radius 2 is 1.82 bits per heavy atom. The summed E-state index contributed by atoms with van der Waals surface area (Å²) in [6.07, 6.45) is -4.48. The lowest BCUT2D eigenvalue weighted by molar-refractivity contribution is -0.141. The van der Waals surface area contributed by atoms with E-state index in [-0.39, 0.29) is 42.8 Å². The van der Waals surface area contributed by atoms with Crippen LogP contribution >= 0.6 is 11.6 Å². The van der Waals surface area contributed by atoms with E-state index < -0.39 is 58.4 Å². The summed E-state index contributed by atoms with van der Waals surface area (Å²) in [5.74, 6) is -8.97. The molecule has 0 aliphatic carbocycles. The van der Waals surface area contributed by atoms with Crippen LogP contribution < -0.4 is 10.1 Å². The number of hydrogen-bond acceptors (Lipinski definition) is 4. The minimum Gasteiger partial charge on any atom is -0.479 e. The maximum atomic E-state index is 13.6. The molecule has 0 aliphatic heterocycles. The number of aromatic nitrogens is 2. The molecule has 14 heteroatoms. The largest absolute Gasteiger partial charge is 0.479 e. The first-order valence-corrected chi connectivity index (χ1v) is 9.90. The van der Waals surface area contributed by atoms with Crippen molar-refractivity contribution in [1.29, 1.82) is 0 Å². The van der Waals surface area contributed by atoms with Crippen LogP contribution in [-0.2, 0) is 19.3 Å². The van der Waals surface area contributed by atoms with Gasteiger partial charge in [0.05, 0.1) is 10.7 Å². The van der Waals surface area contributed by atoms with E-state index in [4.69, 9.17) is 20.8 Å². The Bertz CT molecular complexity index is 1180. The molecule has 1 amide bonds. The van der Waals surface area contributed by atoms with Gasteiger partial charge in [-0.3, -0.25) is 9.48 Å². The molecule has 3 rings (SSSR count). The number of ether oxygens (including phenoxy) is 1. The average Bonchev–Trinajstić information content (AvgIpc) is 3.35. The van der Waals surface area contributed by atoms with E-state index in [1.54, 1.807) is 0 Å². The third-order valence-corrected chi connectivity index (χ3v) is 5.00. The number of carbonyl (C=O) groups excluding carboxylic acids is 1. The standard InChI is InChI=1S/C20H15ClF7N3O3/c1-9-14(21)18(20(26,27)28)30-31(9)6-2-5-29-19(32)13-4-3-10(34-13)8-33-17-15(24)11(22)7-12(23)16(17)25/h3-4,7H,2,5-6,8H2,1H3,(H,29,32). The molecule has 34 heavy (non-hydrogen) atoms. The van der Waals surface area contributed by atoms with Crippen LogP contribution in [-0.4, -0.2) is 22.2 Å². The van der Waals surface area contributed by atoms with Crippen LogP contribution in [0.25, 0.3) is 0 Å². The van der Waals surface area contributed by atoms with Gasteiger partial charge >= 0.3 is 6.18 Å². The normalized spacial score (nSPS) is 11.7. The second-order valence-corrected chi connectivity index (χ2v) is 7.31. The fourth-order valence-corrected chi connectivity index (χ4v) is 3.08. The smallest absolute Gasteiger partial charge is 0.436 e. The number of rotatable bonds is 8. The van der Waals surface area contributed by atoms with Gasteiger partial charge < -0.3 is 14.5 Å². The highest BCUT2D eigenvalue weighted by atomic mass is 35.5. The molecule has 0 fully saturated rings. The second-order valence-electron chi connectivity index (χ2n) is 6.93. The molecular weight excluding hydrogens is 499 g/mol. The van der Waals surface area contributed by atoms with Crippen LogP contribution in [0.15, 0.2) is 22.6 Å². The van der Waals surface area contributed by atoms with Crippen molar-refractivity contribution in [1.82, 2.24) is 15.1 Å². The zero-order valence-corrected chi connectivity index (χ0v) is 18.0. The minimum atomic E-state index is -4.69. The Kier molecular flexibility index (Phi) is 7.44. The summed E-state index contributed by atoms with van der Waals surface area (Å²) >= 11 is 5.67. The molecule has 0 bridgehead atoms. The Morgan fingerprint density at radius 3 is 2.41 bits per heavy atom. The number of aryl methyl sites for hydroxylation is 1. The summed E-state index contributed by atoms with van der Waals surface area (Å²) in [7, 11) is 0. The zero-order chi connectivity index (χ0) is 25.2. The van der Waals surface area contributed by atoms with Gasteiger partial charge in [0, 0.05) is 19.2 Å². The maximum Gasteiger partial charge on any atom is 0.436 e. The number of alkyl halides is 3. The van der Waals surface area contributed by atoms with Gasteiger partial charge in [0.1, 0.15) is 12.4 Å². The third-order valence-electron chi connectivity index (χ3n) is 4.55. The highest BCUT2D eigenvalue weighted by Crippen LogP contribution is 2.35. The van der Waals surface area contributed by atoms with Crippen LogP contribution in [0.2, 0.25) is 5.02 Å². The molecule has 184 valence electrons. The summed E-state index contributed by atoms with van der Waals surface area (Å²) in [5, 5.41) is 5.42. The molecule has 3 aromatic rings. The first-order valence-electron chi connectivity index (χ1n) is 9.53. The van der Waals surface area contributed by atoms with Crippen molar-refractivity contribution in [2.24, 2.45) is 0 Å². The van der Waals surface area contributed by atoms with Crippen LogP contribution in [0.4, 0.5) is 30.7 Å². The number of carbonyl (C=O) groups is 1. The van der Waals surface area contributed by atoms with E-state index in [1.165, 1.54) is 19.1 Å². The molecule has 2 heterocycles. The topological polar surface area (TPSA) is 69.3 Å². The lowest BCUT2D eigenvalue weighted by atomic mass is 10.3. The first kappa shape index (κ1) is 25.4. The second kappa shape index (κ2) is 9.95. The summed E-state index contributed by atoms with van der Waals surface area (Å²) in [4.78, 5) is 12.1. The Hall–Kier alpha value is -3.22. The number of halogens is 8. The van der Waals surface area contributed by atoms with Gasteiger partial charge in [0.25, 0.3) is 5.91 Å². The SMILES string of the molecule is Cc1c(Cl)c(C(F)(F)F)nn1CCCNC(=O)c1ccc(COc2c(F)c(F)cc(F)c2F)o1. The molecular formula is C20H15ClF7N3O3. The van der Waals surface area contributed by atoms with Crippen molar-refractivity contribution >= 4 is 17.5 Å². The monoisotopic (exact) mass is 513 g/mol. The molecule has 6 nitrogen and oxygen atoms in total. The van der Waals surface area contributed by atoms with Crippen molar-refractivity contribution in [3.63, 3.8) is 0 Å². The van der Waals surface area contributed by atoms with Crippen molar-refractivity contribution in [3.8, 4) is 5.75 Å². The lowest BCUT2D eigenvalue weighted by Crippen LogP contribution is -2.25. The molecule has 0 atom stereocenters. The number of furan rings is 1. The molecule has 2 aromatic heterocycles. The number of nitrogens with one attached hydrogen (secondary N) is 1. The number of amides is 1. The molecule has 0 radical (unpaired) electrons. The molecule has 0 unspecified atom stereocenters. The van der Waals surface area contributed by atoms with Crippen LogP contribution in [0, 0.1) is 30.2 Å². The molecule has 0 saturated carbocycles. The van der Waals surface area contributed by atoms with Crippen molar-refractivity contribution in [2.45, 2.75) is 32.7 Å². The first-order chi connectivity index (χ1) is 15.9. The fourth-order valence-electron chi connectivity index (χ4n) is 2.84. The highest BCUT2D eigenvalue weighted by Gasteiger charge is 2.38. The molecule has 0 saturated heterocycles. The Balaban J connectivity index is 1.52. The van der Waals surface area contributed by atoms with E-state index in [1.807, 2.05) is 0 Å². The van der Waals surface area contributed by atoms with Crippen LogP contribution in [0.1, 0.15) is 34.1 Å². The number of benzene rings is 1. The number of hydrogen-bond donors (Lipinski definition) is 1. The Morgan fingerprint density at radius 1 is 1.18 bits per heavy atom. The predicted molar refractivity (Wildman–Crippen MR) is 103 cm³/mol. The third kappa shape index (κ3) is 5.46. The Labute approximate surface area is 192 Å². The zero-order valence-electron chi connectivity index (χ0n) is 17.2. The summed E-state index contributed by atoms with van der Waals surface area (Å²) < 4.78 is 103. The molecule has 1 aromatic carbocycles. The van der Waals surface area contributed by atoms with Crippen molar-refractivity contribution in [3.05, 3.63) is 69.4 Å². The molecule has 0 spiro atoms. The summed E-state index contributed by atoms with van der Waals surface area (Å²) in [5.41, 5.74) is -1.07. The predicted octanol–water partition coefficient (Wildman–Crippen LogP) is 5.41. The van der Waals surface area contributed by atoms with E-state index in [9.17, 15) is 35.5 Å². The van der Waals surface area contributed by atoms with Gasteiger partial charge in [-0.25, -0.2) is 8.78 Å². The van der Waals surface area contributed by atoms with Crippen LogP contribution in [0.5, 0.6) is 5.75 Å². The van der Waals surface area contributed by atoms with E-state index in [0.29, 0.717) is 0 Å². The van der Waals surface area contributed by atoms with Gasteiger partial charge in [-0.1, -0.05) is 11.6 Å². The van der Waals surface area contributed by atoms with Gasteiger partial charge in [-0.2, -0.15) is 27.1 Å². The van der Waals surface area contributed by atoms with Crippen molar-refractivity contribution < 1.29 is 44.7 Å². The van der Waals surface area contributed by atoms with Gasteiger partial charge in [0.15, 0.2) is 28.8 Å². The van der Waals surface area contributed by atoms with E-state index >= 15 is 0 Å². The summed E-state index contributed by atoms with van der Waals surface area (Å²) in [6, 6.07) is 2.50. The van der Waals surface area contributed by atoms with E-state index in [2.05, 4.69) is 10.4 Å².